The summed E-state index contributed by atoms with van der Waals surface area (Å²) in [5, 5.41) is 9.13. The van der Waals surface area contributed by atoms with E-state index in [9.17, 15) is 38.4 Å². The van der Waals surface area contributed by atoms with Gasteiger partial charge in [-0.1, -0.05) is 298 Å². The number of carbonyl (C=O) groups excluding carboxylic acids is 8. The molecular formula is C116H118N4O14. The van der Waals surface area contributed by atoms with Crippen LogP contribution in [0.5, 0.6) is 11.5 Å². The molecule has 18 heteroatoms. The van der Waals surface area contributed by atoms with Crippen molar-refractivity contribution >= 4 is 90.1 Å². The van der Waals surface area contributed by atoms with Crippen molar-refractivity contribution in [1.29, 1.82) is 0 Å². The predicted octanol–water partition coefficient (Wildman–Crippen LogP) is 20.8. The molecule has 134 heavy (non-hydrogen) atoms. The van der Waals surface area contributed by atoms with E-state index < -0.39 is 11.9 Å². The Morgan fingerprint density at radius 1 is 0.321 bits per heavy atom. The molecule has 4 unspecified atom stereocenters. The van der Waals surface area contributed by atoms with Crippen LogP contribution in [0.3, 0.4) is 0 Å². The first-order valence-corrected chi connectivity index (χ1v) is 46.5. The number of ether oxygens (including phenoxy) is 6. The standard InChI is InChI=1S/C32H35NO3.2C29H27NO4.C26H29NO3/c33-19-29(30(34)15-22-7-8-26-3-1-2-4-28(26)14-22)27-9-5-21(6-10-27)20-36-31(35)32-16-23-11-24(17-32)13-25(12-23)18-32;1-33-26-14-12-24(13-15-26)29(32)34-19-20-6-10-23(11-7-20)27(18-30)28(31)17-21-8-9-22-4-2-3-5-25(22)16-21;30-18-27(28(31)17-22-12-13-23-6-4-5-7-25(23)16-22)24-14-10-21(11-15-24)19-34-29(32)20-33-26-8-2-1-3-9-26;1-2-3-8-26(29)30-18-19-9-13-22(14-10-19)24(17-27)25(28)16-20-11-12-21-6-4-5-7-23(21)15-20/h1-10,14,23-25,29H,11-13,15-20,33H2;2-16,27H,17-19,30H2,1H3;1-16,27H,17-20,30H2;4-7,9-15,24H,2-3,8,16-18,27H2,1H3. The fraction of sp³-hybridized carbons (Fsp3) is 0.276. The third-order valence-electron chi connectivity index (χ3n) is 26.0. The number of nitrogens with two attached hydrogens (primary N) is 4. The van der Waals surface area contributed by atoms with Crippen molar-refractivity contribution in [2.24, 2.45) is 46.1 Å². The zero-order valence-electron chi connectivity index (χ0n) is 76.2. The molecule has 686 valence electrons. The minimum Gasteiger partial charge on any atom is -0.497 e. The summed E-state index contributed by atoms with van der Waals surface area (Å²) in [7, 11) is 1.57. The van der Waals surface area contributed by atoms with Crippen molar-refractivity contribution in [3.8, 4) is 11.5 Å². The number of hydrogen-bond acceptors (Lipinski definition) is 18. The van der Waals surface area contributed by atoms with Crippen LogP contribution >= 0.6 is 0 Å². The van der Waals surface area contributed by atoms with Crippen LogP contribution in [0.4, 0.5) is 0 Å². The molecule has 8 N–H and O–H groups in total. The first-order valence-electron chi connectivity index (χ1n) is 46.5. The van der Waals surface area contributed by atoms with Crippen LogP contribution in [-0.2, 0) is 105 Å². The molecule has 14 aromatic rings. The van der Waals surface area contributed by atoms with E-state index in [1.165, 1.54) is 24.6 Å². The Bertz CT molecular complexity index is 6310. The maximum absolute atomic E-state index is 13.2. The molecule has 18 rings (SSSR count). The third-order valence-corrected chi connectivity index (χ3v) is 26.0. The van der Waals surface area contributed by atoms with Crippen LogP contribution < -0.4 is 32.4 Å². The molecule has 0 radical (unpaired) electrons. The van der Waals surface area contributed by atoms with Crippen LogP contribution in [0, 0.1) is 23.2 Å². The van der Waals surface area contributed by atoms with Gasteiger partial charge in [0.25, 0.3) is 0 Å². The maximum atomic E-state index is 13.2. The fourth-order valence-electron chi connectivity index (χ4n) is 18.9. The van der Waals surface area contributed by atoms with Crippen LogP contribution in [0.1, 0.15) is 166 Å². The molecule has 0 heterocycles. The maximum Gasteiger partial charge on any atom is 0.344 e. The third kappa shape index (κ3) is 26.3. The summed E-state index contributed by atoms with van der Waals surface area (Å²) < 4.78 is 32.3. The molecule has 4 bridgehead atoms. The van der Waals surface area contributed by atoms with Gasteiger partial charge < -0.3 is 51.4 Å². The second-order valence-electron chi connectivity index (χ2n) is 35.5. The molecule has 14 aromatic carbocycles. The molecule has 0 amide bonds. The number of unbranched alkanes of at least 4 members (excludes halogenated alkanes) is 1. The largest absolute Gasteiger partial charge is 0.497 e. The highest BCUT2D eigenvalue weighted by Crippen LogP contribution is 2.60. The highest BCUT2D eigenvalue weighted by molar-refractivity contribution is 5.94. The van der Waals surface area contributed by atoms with E-state index in [1.54, 1.807) is 43.5 Å². The highest BCUT2D eigenvalue weighted by atomic mass is 16.6. The van der Waals surface area contributed by atoms with E-state index in [1.807, 2.05) is 225 Å². The number of benzene rings is 14. The Morgan fingerprint density at radius 2 is 0.619 bits per heavy atom. The molecule has 4 atom stereocenters. The van der Waals surface area contributed by atoms with Gasteiger partial charge in [0.1, 0.15) is 61.1 Å². The molecule has 0 saturated heterocycles. The molecular weight excluding hydrogens is 1670 g/mol. The number of esters is 4. The molecule has 4 fully saturated rings. The molecule has 4 aliphatic rings. The zero-order valence-corrected chi connectivity index (χ0v) is 76.2. The summed E-state index contributed by atoms with van der Waals surface area (Å²) in [5.74, 6) is 1.36. The van der Waals surface area contributed by atoms with Crippen LogP contribution in [0.2, 0.25) is 0 Å². The zero-order chi connectivity index (χ0) is 93.7. The van der Waals surface area contributed by atoms with Gasteiger partial charge in [-0.3, -0.25) is 28.8 Å². The quantitative estimate of drug-likeness (QED) is 0.0208. The van der Waals surface area contributed by atoms with Crippen molar-refractivity contribution in [1.82, 2.24) is 0 Å². The van der Waals surface area contributed by atoms with E-state index in [0.29, 0.717) is 55.8 Å². The summed E-state index contributed by atoms with van der Waals surface area (Å²) in [6, 6.07) is 103. The first kappa shape index (κ1) is 96.2. The van der Waals surface area contributed by atoms with Crippen molar-refractivity contribution in [2.75, 3.05) is 39.9 Å². The minimum atomic E-state index is -0.446. The average molecular weight is 1790 g/mol. The van der Waals surface area contributed by atoms with Crippen LogP contribution in [0.25, 0.3) is 43.1 Å². The summed E-state index contributed by atoms with van der Waals surface area (Å²) >= 11 is 0. The van der Waals surface area contributed by atoms with Crippen molar-refractivity contribution < 1.29 is 66.8 Å². The fourth-order valence-corrected chi connectivity index (χ4v) is 18.9. The van der Waals surface area contributed by atoms with Crippen molar-refractivity contribution in [3.05, 3.63) is 394 Å². The van der Waals surface area contributed by atoms with Crippen LogP contribution in [-0.4, -0.2) is 86.9 Å². The number of carbonyl (C=O) groups is 8. The van der Waals surface area contributed by atoms with E-state index in [-0.39, 0.29) is 117 Å². The number of ketones is 4. The van der Waals surface area contributed by atoms with Gasteiger partial charge in [0, 0.05) is 58.3 Å². The van der Waals surface area contributed by atoms with Gasteiger partial charge in [0.05, 0.1) is 41.8 Å². The van der Waals surface area contributed by atoms with E-state index in [0.717, 1.165) is 154 Å². The second-order valence-corrected chi connectivity index (χ2v) is 35.5. The van der Waals surface area contributed by atoms with Crippen LogP contribution in [0.15, 0.2) is 322 Å². The molecule has 0 aromatic heterocycles. The number of para-hydroxylation sites is 1. The monoisotopic (exact) mass is 1790 g/mol. The molecule has 18 nitrogen and oxygen atoms in total. The van der Waals surface area contributed by atoms with Gasteiger partial charge in [0.2, 0.25) is 0 Å². The number of fused-ring (bicyclic) bond motifs is 4. The minimum absolute atomic E-state index is 0.0103. The smallest absolute Gasteiger partial charge is 0.344 e. The summed E-state index contributed by atoms with van der Waals surface area (Å²) in [6.07, 6.45) is 10.6. The number of methoxy groups -OCH3 is 1. The molecule has 0 spiro atoms. The van der Waals surface area contributed by atoms with Gasteiger partial charge in [-0.25, -0.2) is 9.59 Å². The lowest BCUT2D eigenvalue weighted by atomic mass is 9.49. The second kappa shape index (κ2) is 47.5. The Labute approximate surface area is 784 Å². The Kier molecular flexibility index (Phi) is 34.1. The van der Waals surface area contributed by atoms with E-state index in [4.69, 9.17) is 51.4 Å². The molecule has 4 saturated carbocycles. The lowest BCUT2D eigenvalue weighted by Crippen LogP contribution is -2.50. The topological polar surface area (TPSA) is 296 Å². The lowest BCUT2D eigenvalue weighted by Gasteiger charge is -2.55. The van der Waals surface area contributed by atoms with Gasteiger partial charge in [-0.2, -0.15) is 0 Å². The van der Waals surface area contributed by atoms with Crippen molar-refractivity contribution in [2.45, 2.75) is 140 Å². The Hall–Kier alpha value is -13.9. The number of hydrogen-bond donors (Lipinski definition) is 4. The highest BCUT2D eigenvalue weighted by Gasteiger charge is 2.55. The Balaban J connectivity index is 0.000000144. The predicted molar refractivity (Wildman–Crippen MR) is 527 cm³/mol. The van der Waals surface area contributed by atoms with Gasteiger partial charge in [-0.15, -0.1) is 0 Å². The van der Waals surface area contributed by atoms with E-state index >= 15 is 0 Å². The van der Waals surface area contributed by atoms with Gasteiger partial charge in [-0.05, 0) is 209 Å². The average Bonchev–Trinajstić information content (AvgIpc) is 0.743. The summed E-state index contributed by atoms with van der Waals surface area (Å²) in [6.45, 7) is 3.71. The first-order chi connectivity index (χ1) is 65.3. The van der Waals surface area contributed by atoms with Crippen molar-refractivity contribution in [3.63, 3.8) is 0 Å². The lowest BCUT2D eigenvalue weighted by molar-refractivity contribution is -0.173. The summed E-state index contributed by atoms with van der Waals surface area (Å²) in [5.41, 5.74) is 35.1. The van der Waals surface area contributed by atoms with Gasteiger partial charge >= 0.3 is 23.9 Å². The molecule has 0 aliphatic heterocycles. The Morgan fingerprint density at radius 3 is 0.940 bits per heavy atom. The SMILES string of the molecule is CCCCC(=O)OCc1ccc(C(CN)C(=O)Cc2ccc3ccccc3c2)cc1.COc1ccc(C(=O)OCc2ccc(C(CN)C(=O)Cc3ccc4ccccc4c3)cc2)cc1.NCC(C(=O)Cc1ccc2ccccc2c1)c1ccc(COC(=O)C23CC4CC(CC(C4)C2)C3)cc1.NCC(C(=O)Cc1ccc2ccccc2c1)c1ccc(COC(=O)COc2ccccc2)cc1. The van der Waals surface area contributed by atoms with E-state index in [2.05, 4.69) is 66.7 Å². The number of rotatable bonds is 37. The summed E-state index contributed by atoms with van der Waals surface area (Å²) in [4.78, 5) is 101. The normalized spacial score (nSPS) is 15.9. The number of Topliss-reactive ketones (excluding diaryl/α,β-unsaturated/α-hetero) is 4. The molecule has 4 aliphatic carbocycles. The van der Waals surface area contributed by atoms with Gasteiger partial charge in [0.15, 0.2) is 6.61 Å².